The van der Waals surface area contributed by atoms with E-state index in [1.807, 2.05) is 0 Å². The fourth-order valence-corrected chi connectivity index (χ4v) is 3.94. The van der Waals surface area contributed by atoms with Crippen LogP contribution in [0.15, 0.2) is 5.57 Å². The minimum atomic E-state index is 0. The first-order chi connectivity index (χ1) is 7.71. The van der Waals surface area contributed by atoms with Crippen LogP contribution < -0.4 is 0 Å². The minimum absolute atomic E-state index is 0. The molecule has 0 heterocycles. The fraction of sp³-hybridized carbons (Fsp3) is 0.500. The average Bonchev–Trinajstić information content (AvgIpc) is 2.44. The molecule has 0 bridgehead atoms. The maximum Gasteiger partial charge on any atom is -0.147 e. The van der Waals surface area contributed by atoms with Gasteiger partial charge in [-0.25, -0.2) is 0 Å². The van der Waals surface area contributed by atoms with Crippen molar-refractivity contribution >= 4 is 42.8 Å². The van der Waals surface area contributed by atoms with Gasteiger partial charge >= 0.3 is 117 Å². The Morgan fingerprint density at radius 3 is 1.55 bits per heavy atom. The van der Waals surface area contributed by atoms with Crippen molar-refractivity contribution in [3.8, 4) is 0 Å². The van der Waals surface area contributed by atoms with Crippen molar-refractivity contribution in [2.24, 2.45) is 0 Å². The molecular formula is C16H24Cl3Ti. The standard InChI is InChI=1S/C16H21.3ClH.Ti/c1-8-9(2)12(5)16-14(7)10(3)13(6)15(16)11(8)4;;;;/h1-7H3;3*1H;. The maximum absolute atomic E-state index is 2.36. The van der Waals surface area contributed by atoms with E-state index in [0.717, 1.165) is 0 Å². The second kappa shape index (κ2) is 7.20. The first-order valence-electron chi connectivity index (χ1n) is 6.25. The van der Waals surface area contributed by atoms with Gasteiger partial charge in [-0.1, -0.05) is 0 Å². The van der Waals surface area contributed by atoms with E-state index in [1.165, 1.54) is 39.0 Å². The summed E-state index contributed by atoms with van der Waals surface area (Å²) in [6, 6.07) is 0. The molecule has 20 heavy (non-hydrogen) atoms. The number of fused-ring (bicyclic) bond motifs is 1. The van der Waals surface area contributed by atoms with Crippen LogP contribution in [0.5, 0.6) is 0 Å². The van der Waals surface area contributed by atoms with Crippen molar-refractivity contribution in [3.63, 3.8) is 0 Å². The Hall–Kier alpha value is 0.544. The van der Waals surface area contributed by atoms with Crippen molar-refractivity contribution in [1.29, 1.82) is 0 Å². The summed E-state index contributed by atoms with van der Waals surface area (Å²) in [4.78, 5) is 0. The van der Waals surface area contributed by atoms with Gasteiger partial charge in [0.05, 0.1) is 0 Å². The summed E-state index contributed by atoms with van der Waals surface area (Å²) >= 11 is 2.36. The molecule has 0 radical (unpaired) electrons. The zero-order chi connectivity index (χ0) is 13.1. The number of benzene rings is 1. The first-order valence-corrected chi connectivity index (χ1v) is 7.03. The number of allylic oxidation sites excluding steroid dienone is 2. The summed E-state index contributed by atoms with van der Waals surface area (Å²) in [6.45, 7) is 16.0. The Balaban J connectivity index is 0. The zero-order valence-corrected chi connectivity index (χ0v) is 17.2. The molecule has 0 amide bonds. The molecule has 0 nitrogen and oxygen atoms in total. The van der Waals surface area contributed by atoms with Crippen molar-refractivity contribution in [2.75, 3.05) is 0 Å². The normalized spacial score (nSPS) is 19.7. The molecule has 0 aliphatic heterocycles. The van der Waals surface area contributed by atoms with Gasteiger partial charge in [0.2, 0.25) is 0 Å². The van der Waals surface area contributed by atoms with Crippen LogP contribution in [0, 0.1) is 27.7 Å². The Morgan fingerprint density at radius 2 is 1.10 bits per heavy atom. The van der Waals surface area contributed by atoms with Crippen LogP contribution in [0.25, 0.3) is 5.57 Å². The third-order valence-corrected chi connectivity index (χ3v) is 5.85. The largest absolute Gasteiger partial charge is 0.147 e. The second-order valence-corrected chi connectivity index (χ2v) is 7.19. The Labute approximate surface area is 153 Å². The molecule has 1 atom stereocenters. The molecule has 113 valence electrons. The van der Waals surface area contributed by atoms with E-state index in [2.05, 4.69) is 68.9 Å². The van der Waals surface area contributed by atoms with Crippen molar-refractivity contribution in [2.45, 2.75) is 52.2 Å². The minimum Gasteiger partial charge on any atom is -0.147 e. The summed E-state index contributed by atoms with van der Waals surface area (Å²) in [5, 5.41) is 0. The van der Waals surface area contributed by atoms with Gasteiger partial charge in [-0.3, -0.25) is 0 Å². The average molecular weight is 371 g/mol. The zero-order valence-electron chi connectivity index (χ0n) is 13.2. The Morgan fingerprint density at radius 1 is 0.700 bits per heavy atom. The van der Waals surface area contributed by atoms with E-state index in [4.69, 9.17) is 0 Å². The summed E-state index contributed by atoms with van der Waals surface area (Å²) in [7, 11) is 0. The van der Waals surface area contributed by atoms with Crippen molar-refractivity contribution < 1.29 is 20.4 Å². The van der Waals surface area contributed by atoms with Crippen LogP contribution in [0.2, 0.25) is 0 Å². The van der Waals surface area contributed by atoms with Crippen molar-refractivity contribution in [3.05, 3.63) is 39.0 Å². The molecule has 0 aromatic heterocycles. The third kappa shape index (κ3) is 2.88. The molecule has 2 rings (SSSR count). The molecule has 0 saturated heterocycles. The van der Waals surface area contributed by atoms with Crippen molar-refractivity contribution in [1.82, 2.24) is 0 Å². The first kappa shape index (κ1) is 22.8. The van der Waals surface area contributed by atoms with Gasteiger partial charge in [-0.05, 0) is 0 Å². The predicted octanol–water partition coefficient (Wildman–Crippen LogP) is 5.75. The van der Waals surface area contributed by atoms with Crippen LogP contribution in [-0.2, 0) is 24.2 Å². The van der Waals surface area contributed by atoms with Crippen LogP contribution in [0.4, 0.5) is 0 Å². The molecule has 0 N–H and O–H groups in total. The van der Waals surface area contributed by atoms with Gasteiger partial charge in [0.15, 0.2) is 0 Å². The molecule has 1 aliphatic rings. The topological polar surface area (TPSA) is 0 Å². The number of rotatable bonds is 0. The summed E-state index contributed by atoms with van der Waals surface area (Å²) in [6.07, 6.45) is 0. The quantitative estimate of drug-likeness (QED) is 0.510. The predicted molar refractivity (Wildman–Crippen MR) is 92.8 cm³/mol. The molecule has 1 aromatic rings. The molecule has 1 aromatic carbocycles. The van der Waals surface area contributed by atoms with E-state index < -0.39 is 0 Å². The molecule has 4 heteroatoms. The van der Waals surface area contributed by atoms with E-state index in [-0.39, 0.29) is 40.9 Å². The van der Waals surface area contributed by atoms with Crippen LogP contribution in [0.3, 0.4) is 0 Å². The molecule has 0 fully saturated rings. The summed E-state index contributed by atoms with van der Waals surface area (Å²) in [5.41, 5.74) is 12.0. The van der Waals surface area contributed by atoms with E-state index in [0.29, 0.717) is 0 Å². The molecular weight excluding hydrogens is 346 g/mol. The maximum atomic E-state index is 2.36. The van der Waals surface area contributed by atoms with Crippen LogP contribution in [0.1, 0.15) is 54.2 Å². The Kier molecular flexibility index (Phi) is 8.22. The number of hydrogen-bond acceptors (Lipinski definition) is 0. The monoisotopic (exact) mass is 369 g/mol. The van der Waals surface area contributed by atoms with E-state index in [1.54, 1.807) is 5.56 Å². The van der Waals surface area contributed by atoms with E-state index >= 15 is 0 Å². The van der Waals surface area contributed by atoms with Gasteiger partial charge in [0.1, 0.15) is 0 Å². The fourth-order valence-electron chi connectivity index (χ4n) is 3.16. The van der Waals surface area contributed by atoms with Gasteiger partial charge < -0.3 is 0 Å². The van der Waals surface area contributed by atoms with Crippen LogP contribution >= 0.6 is 37.2 Å². The molecule has 1 aliphatic carbocycles. The van der Waals surface area contributed by atoms with Gasteiger partial charge in [-0.2, -0.15) is 0 Å². The van der Waals surface area contributed by atoms with E-state index in [9.17, 15) is 0 Å². The second-order valence-electron chi connectivity index (χ2n) is 5.62. The number of hydrogen-bond donors (Lipinski definition) is 0. The molecule has 0 saturated carbocycles. The smallest absolute Gasteiger partial charge is 0.147 e. The third-order valence-electron chi connectivity index (χ3n) is 4.88. The summed E-state index contributed by atoms with van der Waals surface area (Å²) in [5.74, 6) is 0. The number of halogens is 3. The molecule has 0 spiro atoms. The van der Waals surface area contributed by atoms with Gasteiger partial charge in [0, 0.05) is 0 Å². The SMILES string of the molecule is CC1=C(C)[C](C)([Ti])c2c(C)c(C)c(C)c(C)c21.Cl.Cl.Cl. The van der Waals surface area contributed by atoms with Gasteiger partial charge in [0.25, 0.3) is 0 Å². The van der Waals surface area contributed by atoms with Crippen LogP contribution in [-0.4, -0.2) is 0 Å². The van der Waals surface area contributed by atoms with Gasteiger partial charge in [-0.15, -0.1) is 37.2 Å². The summed E-state index contributed by atoms with van der Waals surface area (Å²) < 4.78 is 0.201. The Bertz CT molecular complexity index is 558. The molecule has 1 unspecified atom stereocenters.